The number of carbonyl (C=O) groups excluding carboxylic acids is 2. The van der Waals surface area contributed by atoms with Gasteiger partial charge < -0.3 is 20.6 Å². The number of carboxylic acid groups (broad SMARTS) is 1. The molecule has 3 rings (SSSR count). The van der Waals surface area contributed by atoms with Gasteiger partial charge in [-0.2, -0.15) is 0 Å². The third-order valence-electron chi connectivity index (χ3n) is 4.29. The second kappa shape index (κ2) is 8.56. The van der Waals surface area contributed by atoms with E-state index >= 15 is 0 Å². The number of phenols is 2. The molecule has 0 saturated carbocycles. The maximum Gasteiger partial charge on any atom is 0.335 e. The fourth-order valence-corrected chi connectivity index (χ4v) is 4.08. The van der Waals surface area contributed by atoms with E-state index in [0.717, 1.165) is 17.8 Å². The predicted molar refractivity (Wildman–Crippen MR) is 116 cm³/mol. The lowest BCUT2D eigenvalue weighted by molar-refractivity contribution is -0.129. The van der Waals surface area contributed by atoms with Crippen molar-refractivity contribution in [2.45, 2.75) is 13.0 Å². The molecular formula is C20H16N2O6S2. The molecule has 2 aromatic carbocycles. The van der Waals surface area contributed by atoms with Gasteiger partial charge >= 0.3 is 5.97 Å². The van der Waals surface area contributed by atoms with Crippen molar-refractivity contribution in [2.24, 2.45) is 0 Å². The number of aromatic hydroxyl groups is 2. The molecule has 0 radical (unpaired) electrons. The minimum atomic E-state index is -1.08. The summed E-state index contributed by atoms with van der Waals surface area (Å²) >= 11 is 6.25. The summed E-state index contributed by atoms with van der Waals surface area (Å²) in [4.78, 5) is 37.7. The number of nitrogens with zero attached hydrogens (tertiary/aromatic N) is 1. The van der Waals surface area contributed by atoms with Crippen LogP contribution in [0.5, 0.6) is 11.5 Å². The van der Waals surface area contributed by atoms with E-state index in [9.17, 15) is 24.6 Å². The zero-order chi connectivity index (χ0) is 22.0. The highest BCUT2D eigenvalue weighted by Crippen LogP contribution is 2.36. The minimum Gasteiger partial charge on any atom is -0.508 e. The van der Waals surface area contributed by atoms with Gasteiger partial charge in [-0.1, -0.05) is 24.0 Å². The second-order valence-corrected chi connectivity index (χ2v) is 8.02. The number of rotatable bonds is 5. The van der Waals surface area contributed by atoms with Crippen LogP contribution < -0.4 is 5.32 Å². The highest BCUT2D eigenvalue weighted by atomic mass is 32.2. The molecule has 30 heavy (non-hydrogen) atoms. The van der Waals surface area contributed by atoms with Crippen LogP contribution in [0.15, 0.2) is 47.4 Å². The minimum absolute atomic E-state index is 0.0839. The van der Waals surface area contributed by atoms with E-state index in [1.54, 1.807) is 0 Å². The summed E-state index contributed by atoms with van der Waals surface area (Å²) in [5, 5.41) is 30.8. The first-order valence-corrected chi connectivity index (χ1v) is 9.83. The van der Waals surface area contributed by atoms with Crippen LogP contribution in [0.3, 0.4) is 0 Å². The normalized spacial score (nSPS) is 16.0. The molecule has 2 aromatic rings. The van der Waals surface area contributed by atoms with Gasteiger partial charge in [0.15, 0.2) is 0 Å². The zero-order valence-corrected chi connectivity index (χ0v) is 17.2. The van der Waals surface area contributed by atoms with Crippen LogP contribution in [0.4, 0.5) is 5.69 Å². The highest BCUT2D eigenvalue weighted by molar-refractivity contribution is 8.26. The molecule has 0 aliphatic carbocycles. The number of hydrogen-bond acceptors (Lipinski definition) is 7. The van der Waals surface area contributed by atoms with Gasteiger partial charge in [-0.15, -0.1) is 0 Å². The summed E-state index contributed by atoms with van der Waals surface area (Å²) in [5.74, 6) is -2.37. The van der Waals surface area contributed by atoms with E-state index < -0.39 is 23.8 Å². The Bertz CT molecular complexity index is 1080. The summed E-state index contributed by atoms with van der Waals surface area (Å²) in [6.45, 7) is 1.52. The van der Waals surface area contributed by atoms with Crippen LogP contribution >= 0.6 is 24.0 Å². The van der Waals surface area contributed by atoms with Crippen LogP contribution in [-0.2, 0) is 9.59 Å². The van der Waals surface area contributed by atoms with Crippen LogP contribution in [0.2, 0.25) is 0 Å². The lowest BCUT2D eigenvalue weighted by Crippen LogP contribution is -2.44. The van der Waals surface area contributed by atoms with Crippen molar-refractivity contribution in [1.82, 2.24) is 4.90 Å². The van der Waals surface area contributed by atoms with Gasteiger partial charge in [-0.25, -0.2) is 4.79 Å². The predicted octanol–water partition coefficient (Wildman–Crippen LogP) is 3.02. The fraction of sp³-hybridized carbons (Fsp3) is 0.100. The summed E-state index contributed by atoms with van der Waals surface area (Å²) < 4.78 is 0.188. The first kappa shape index (κ1) is 21.3. The maximum atomic E-state index is 12.8. The summed E-state index contributed by atoms with van der Waals surface area (Å²) in [5.41, 5.74) is 0.788. The Kier molecular flexibility index (Phi) is 6.09. The monoisotopic (exact) mass is 444 g/mol. The molecular weight excluding hydrogens is 428 g/mol. The molecule has 8 nitrogen and oxygen atoms in total. The molecule has 1 fully saturated rings. The molecule has 1 aliphatic heterocycles. The molecule has 1 aliphatic rings. The van der Waals surface area contributed by atoms with Crippen LogP contribution in [0, 0.1) is 0 Å². The van der Waals surface area contributed by atoms with E-state index in [2.05, 4.69) is 5.32 Å². The van der Waals surface area contributed by atoms with Gasteiger partial charge in [0.25, 0.3) is 5.91 Å². The quantitative estimate of drug-likeness (QED) is 0.409. The SMILES string of the molecule is CC(C(=O)Nc1ccc(C(=O)O)cc1)N1C(=O)/C(=C/c2ccc(O)cc2O)SC1=S. The molecule has 0 bridgehead atoms. The Morgan fingerprint density at radius 1 is 1.17 bits per heavy atom. The van der Waals surface area contributed by atoms with E-state index in [4.69, 9.17) is 17.3 Å². The number of benzene rings is 2. The number of nitrogens with one attached hydrogen (secondary N) is 1. The Labute approximate surface area is 180 Å². The smallest absolute Gasteiger partial charge is 0.335 e. The number of amides is 2. The van der Waals surface area contributed by atoms with Crippen molar-refractivity contribution in [3.63, 3.8) is 0 Å². The van der Waals surface area contributed by atoms with Crippen molar-refractivity contribution < 1.29 is 29.7 Å². The van der Waals surface area contributed by atoms with Crippen LogP contribution in [0.25, 0.3) is 6.08 Å². The number of aromatic carboxylic acids is 1. The molecule has 1 atom stereocenters. The van der Waals surface area contributed by atoms with Crippen LogP contribution in [-0.4, -0.2) is 48.4 Å². The highest BCUT2D eigenvalue weighted by Gasteiger charge is 2.38. The molecule has 10 heteroatoms. The molecule has 154 valence electrons. The van der Waals surface area contributed by atoms with Crippen molar-refractivity contribution in [3.05, 3.63) is 58.5 Å². The van der Waals surface area contributed by atoms with Crippen molar-refractivity contribution in [1.29, 1.82) is 0 Å². The van der Waals surface area contributed by atoms with Gasteiger partial charge in [0.2, 0.25) is 5.91 Å². The van der Waals surface area contributed by atoms with E-state index in [-0.39, 0.29) is 26.3 Å². The van der Waals surface area contributed by atoms with Crippen LogP contribution in [0.1, 0.15) is 22.8 Å². The zero-order valence-electron chi connectivity index (χ0n) is 15.5. The molecule has 1 saturated heterocycles. The average molecular weight is 444 g/mol. The Morgan fingerprint density at radius 3 is 2.43 bits per heavy atom. The van der Waals surface area contributed by atoms with E-state index in [0.29, 0.717) is 11.3 Å². The number of phenolic OH excluding ortho intramolecular Hbond substituents is 2. The molecule has 1 unspecified atom stereocenters. The molecule has 0 aromatic heterocycles. The maximum absolute atomic E-state index is 12.8. The van der Waals surface area contributed by atoms with Crippen molar-refractivity contribution in [3.8, 4) is 11.5 Å². The van der Waals surface area contributed by atoms with E-state index in [1.165, 1.54) is 54.3 Å². The number of hydrogen-bond donors (Lipinski definition) is 4. The Morgan fingerprint density at radius 2 is 1.83 bits per heavy atom. The number of carboxylic acids is 1. The lowest BCUT2D eigenvalue weighted by atomic mass is 10.1. The third kappa shape index (κ3) is 4.44. The molecule has 4 N–H and O–H groups in total. The standard InChI is InChI=1S/C20H16N2O6S2/c1-10(17(25)21-13-5-2-11(3-6-13)19(27)28)22-18(26)16(30-20(22)29)8-12-4-7-14(23)9-15(12)24/h2-10,23-24H,1H3,(H,21,25)(H,27,28)/b16-8-. The average Bonchev–Trinajstić information content (AvgIpc) is 2.97. The fourth-order valence-electron chi connectivity index (χ4n) is 2.67. The largest absolute Gasteiger partial charge is 0.508 e. The van der Waals surface area contributed by atoms with Crippen molar-refractivity contribution in [2.75, 3.05) is 5.32 Å². The van der Waals surface area contributed by atoms with Crippen molar-refractivity contribution >= 4 is 57.8 Å². The van der Waals surface area contributed by atoms with Gasteiger partial charge in [-0.3, -0.25) is 14.5 Å². The summed E-state index contributed by atoms with van der Waals surface area (Å²) in [6, 6.07) is 8.67. The van der Waals surface area contributed by atoms with Gasteiger partial charge in [0, 0.05) is 17.3 Å². The Hall–Kier alpha value is -3.37. The van der Waals surface area contributed by atoms with Gasteiger partial charge in [0.05, 0.1) is 10.5 Å². The molecule has 0 spiro atoms. The van der Waals surface area contributed by atoms with E-state index in [1.807, 2.05) is 0 Å². The van der Waals surface area contributed by atoms with Gasteiger partial charge in [-0.05, 0) is 49.4 Å². The first-order valence-electron chi connectivity index (χ1n) is 8.60. The third-order valence-corrected chi connectivity index (χ3v) is 5.62. The number of thioether (sulfide) groups is 1. The molecule has 1 heterocycles. The topological polar surface area (TPSA) is 127 Å². The number of carbonyl (C=O) groups is 3. The van der Waals surface area contributed by atoms with Gasteiger partial charge in [0.1, 0.15) is 21.9 Å². The number of thiocarbonyl (C=S) groups is 1. The second-order valence-electron chi connectivity index (χ2n) is 6.34. The first-order chi connectivity index (χ1) is 14.2. The summed E-state index contributed by atoms with van der Waals surface area (Å²) in [6.07, 6.45) is 1.43. The Balaban J connectivity index is 1.75. The lowest BCUT2D eigenvalue weighted by Gasteiger charge is -2.22. The molecule has 2 amide bonds. The number of anilines is 1. The summed E-state index contributed by atoms with van der Waals surface area (Å²) in [7, 11) is 0.